The quantitative estimate of drug-likeness (QED) is 0.774. The summed E-state index contributed by atoms with van der Waals surface area (Å²) >= 11 is 0. The van der Waals surface area contributed by atoms with Crippen LogP contribution in [-0.2, 0) is 24.4 Å². The molecule has 6 heteroatoms. The smallest absolute Gasteiger partial charge is 0.274 e. The fraction of sp³-hybridized carbons (Fsp3) is 0.286. The number of aryl methyl sites for hydroxylation is 2. The maximum Gasteiger partial charge on any atom is 0.274 e. The molecule has 4 rings (SSSR count). The van der Waals surface area contributed by atoms with Gasteiger partial charge in [-0.05, 0) is 25.0 Å². The van der Waals surface area contributed by atoms with Crippen LogP contribution < -0.4 is 5.32 Å². The largest absolute Gasteiger partial charge is 0.365 e. The molecule has 1 aliphatic heterocycles. The maximum absolute atomic E-state index is 12.5. The molecule has 0 fully saturated rings. The number of fused-ring (bicyclic) bond motifs is 1. The molecule has 1 aromatic heterocycles. The topological polar surface area (TPSA) is 69.0 Å². The van der Waals surface area contributed by atoms with Crippen LogP contribution in [0.25, 0.3) is 0 Å². The van der Waals surface area contributed by atoms with Crippen molar-refractivity contribution in [3.05, 3.63) is 82.2 Å². The predicted molar refractivity (Wildman–Crippen MR) is 101 cm³/mol. The van der Waals surface area contributed by atoms with Gasteiger partial charge in [-0.1, -0.05) is 64.9 Å². The zero-order chi connectivity index (χ0) is 18.8. The van der Waals surface area contributed by atoms with Crippen LogP contribution >= 0.6 is 0 Å². The number of aromatic nitrogens is 3. The minimum Gasteiger partial charge on any atom is -0.365 e. The highest BCUT2D eigenvalue weighted by atomic mass is 16.5. The lowest BCUT2D eigenvalue weighted by molar-refractivity contribution is -0.00177. The van der Waals surface area contributed by atoms with Gasteiger partial charge in [0.2, 0.25) is 0 Å². The van der Waals surface area contributed by atoms with Crippen molar-refractivity contribution in [1.29, 1.82) is 0 Å². The van der Waals surface area contributed by atoms with Crippen LogP contribution in [0.15, 0.2) is 48.5 Å². The lowest BCUT2D eigenvalue weighted by atomic mass is 10.1. The Bertz CT molecular complexity index is 945. The van der Waals surface area contributed by atoms with E-state index in [-0.39, 0.29) is 12.0 Å². The average Bonchev–Trinajstić information content (AvgIpc) is 3.11. The van der Waals surface area contributed by atoms with Gasteiger partial charge in [-0.25, -0.2) is 4.68 Å². The lowest BCUT2D eigenvalue weighted by Gasteiger charge is -2.24. The number of nitrogens with zero attached hydrogens (tertiary/aromatic N) is 3. The Kier molecular flexibility index (Phi) is 4.73. The van der Waals surface area contributed by atoms with Crippen molar-refractivity contribution in [2.24, 2.45) is 0 Å². The molecule has 2 aromatic carbocycles. The molecule has 1 N–H and O–H groups in total. The molecule has 1 amide bonds. The Hall–Kier alpha value is -2.99. The number of nitrogens with one attached hydrogen (secondary N) is 1. The van der Waals surface area contributed by atoms with Gasteiger partial charge in [-0.15, -0.1) is 5.10 Å². The minimum atomic E-state index is -0.228. The first-order chi connectivity index (χ1) is 13.1. The number of hydrogen-bond donors (Lipinski definition) is 1. The summed E-state index contributed by atoms with van der Waals surface area (Å²) in [7, 11) is 0. The van der Waals surface area contributed by atoms with E-state index in [1.54, 1.807) is 4.68 Å². The standard InChI is InChI=1S/C21H22N4O2/c1-14-3-7-16(8-4-14)11-22-21(26)20-18-13-27-19(12-25(18)24-23-20)17-9-5-15(2)6-10-17/h3-10,19H,11-13H2,1-2H3,(H,22,26)/t19-/m1/s1. The van der Waals surface area contributed by atoms with Crippen molar-refractivity contribution in [2.45, 2.75) is 39.6 Å². The van der Waals surface area contributed by atoms with E-state index in [4.69, 9.17) is 4.74 Å². The third-order valence-electron chi connectivity index (χ3n) is 4.84. The third-order valence-corrected chi connectivity index (χ3v) is 4.84. The number of amides is 1. The van der Waals surface area contributed by atoms with Crippen LogP contribution in [0, 0.1) is 13.8 Å². The Morgan fingerprint density at radius 3 is 2.48 bits per heavy atom. The number of carbonyl (C=O) groups is 1. The van der Waals surface area contributed by atoms with Gasteiger partial charge in [0.15, 0.2) is 5.69 Å². The first-order valence-electron chi connectivity index (χ1n) is 9.04. The summed E-state index contributed by atoms with van der Waals surface area (Å²) in [5.41, 5.74) is 5.61. The van der Waals surface area contributed by atoms with Crippen LogP contribution in [0.5, 0.6) is 0 Å². The lowest BCUT2D eigenvalue weighted by Crippen LogP contribution is -2.27. The highest BCUT2D eigenvalue weighted by Gasteiger charge is 2.27. The Labute approximate surface area is 158 Å². The summed E-state index contributed by atoms with van der Waals surface area (Å²) in [5.74, 6) is -0.228. The van der Waals surface area contributed by atoms with E-state index in [0.717, 1.165) is 16.8 Å². The van der Waals surface area contributed by atoms with Crippen LogP contribution in [0.2, 0.25) is 0 Å². The van der Waals surface area contributed by atoms with Crippen molar-refractivity contribution >= 4 is 5.91 Å². The second kappa shape index (κ2) is 7.32. The van der Waals surface area contributed by atoms with Crippen LogP contribution in [0.3, 0.4) is 0 Å². The number of carbonyl (C=O) groups excluding carboxylic acids is 1. The summed E-state index contributed by atoms with van der Waals surface area (Å²) in [6, 6.07) is 16.3. The minimum absolute atomic E-state index is 0.0803. The van der Waals surface area contributed by atoms with Crippen molar-refractivity contribution < 1.29 is 9.53 Å². The van der Waals surface area contributed by atoms with E-state index >= 15 is 0 Å². The number of hydrogen-bond acceptors (Lipinski definition) is 4. The number of rotatable bonds is 4. The highest BCUT2D eigenvalue weighted by Crippen LogP contribution is 2.27. The molecule has 0 bridgehead atoms. The summed E-state index contributed by atoms with van der Waals surface area (Å²) in [6.07, 6.45) is -0.0803. The molecular weight excluding hydrogens is 340 g/mol. The molecule has 1 atom stereocenters. The summed E-state index contributed by atoms with van der Waals surface area (Å²) < 4.78 is 7.75. The zero-order valence-electron chi connectivity index (χ0n) is 15.5. The zero-order valence-corrected chi connectivity index (χ0v) is 15.5. The highest BCUT2D eigenvalue weighted by molar-refractivity contribution is 5.93. The molecule has 0 aliphatic carbocycles. The van der Waals surface area contributed by atoms with Crippen LogP contribution in [0.1, 0.15) is 44.5 Å². The molecule has 27 heavy (non-hydrogen) atoms. The van der Waals surface area contributed by atoms with Crippen molar-refractivity contribution in [3.8, 4) is 0 Å². The van der Waals surface area contributed by atoms with E-state index in [9.17, 15) is 4.79 Å². The second-order valence-electron chi connectivity index (χ2n) is 6.95. The fourth-order valence-electron chi connectivity index (χ4n) is 3.14. The van der Waals surface area contributed by atoms with Crippen molar-refractivity contribution in [2.75, 3.05) is 0 Å². The Balaban J connectivity index is 1.43. The van der Waals surface area contributed by atoms with E-state index in [1.807, 2.05) is 31.2 Å². The van der Waals surface area contributed by atoms with E-state index in [2.05, 4.69) is 46.8 Å². The number of benzene rings is 2. The van der Waals surface area contributed by atoms with Gasteiger partial charge in [0.1, 0.15) is 6.10 Å². The monoisotopic (exact) mass is 362 g/mol. The normalized spacial score (nSPS) is 16.0. The fourth-order valence-corrected chi connectivity index (χ4v) is 3.14. The Morgan fingerprint density at radius 1 is 1.11 bits per heavy atom. The second-order valence-corrected chi connectivity index (χ2v) is 6.95. The predicted octanol–water partition coefficient (Wildman–Crippen LogP) is 3.10. The van der Waals surface area contributed by atoms with Gasteiger partial charge in [-0.2, -0.15) is 0 Å². The maximum atomic E-state index is 12.5. The molecule has 6 nitrogen and oxygen atoms in total. The first-order valence-corrected chi connectivity index (χ1v) is 9.04. The van der Waals surface area contributed by atoms with E-state index < -0.39 is 0 Å². The van der Waals surface area contributed by atoms with Crippen molar-refractivity contribution in [1.82, 2.24) is 20.3 Å². The molecular formula is C21H22N4O2. The molecule has 0 radical (unpaired) electrons. The van der Waals surface area contributed by atoms with E-state index in [1.165, 1.54) is 11.1 Å². The summed E-state index contributed by atoms with van der Waals surface area (Å²) in [5, 5.41) is 11.2. The average molecular weight is 362 g/mol. The van der Waals surface area contributed by atoms with Crippen LogP contribution in [0.4, 0.5) is 0 Å². The van der Waals surface area contributed by atoms with Gasteiger partial charge < -0.3 is 10.1 Å². The SMILES string of the molecule is Cc1ccc(CNC(=O)c2nnn3c2CO[C@@H](c2ccc(C)cc2)C3)cc1. The van der Waals surface area contributed by atoms with Gasteiger partial charge in [-0.3, -0.25) is 4.79 Å². The van der Waals surface area contributed by atoms with Gasteiger partial charge in [0, 0.05) is 6.54 Å². The van der Waals surface area contributed by atoms with Crippen molar-refractivity contribution in [3.63, 3.8) is 0 Å². The molecule has 0 unspecified atom stereocenters. The van der Waals surface area contributed by atoms with Crippen LogP contribution in [-0.4, -0.2) is 20.9 Å². The Morgan fingerprint density at radius 2 is 1.78 bits per heavy atom. The molecule has 0 saturated heterocycles. The van der Waals surface area contributed by atoms with Gasteiger partial charge in [0.05, 0.1) is 18.8 Å². The molecule has 0 saturated carbocycles. The van der Waals surface area contributed by atoms with Gasteiger partial charge >= 0.3 is 0 Å². The van der Waals surface area contributed by atoms with Gasteiger partial charge in [0.25, 0.3) is 5.91 Å². The molecule has 3 aromatic rings. The number of ether oxygens (including phenoxy) is 1. The first kappa shape index (κ1) is 17.4. The summed E-state index contributed by atoms with van der Waals surface area (Å²) in [6.45, 7) is 5.42. The van der Waals surface area contributed by atoms with E-state index in [0.29, 0.717) is 25.4 Å². The molecule has 2 heterocycles. The summed E-state index contributed by atoms with van der Waals surface area (Å²) in [4.78, 5) is 12.5. The molecule has 1 aliphatic rings. The molecule has 0 spiro atoms. The molecule has 138 valence electrons. The third kappa shape index (κ3) is 3.75.